The molecule has 0 atom stereocenters. The Morgan fingerprint density at radius 2 is 2.20 bits per heavy atom. The fourth-order valence-electron chi connectivity index (χ4n) is 1.70. The second kappa shape index (κ2) is 5.72. The first-order valence-electron chi connectivity index (χ1n) is 5.72. The van der Waals surface area contributed by atoms with Crippen LogP contribution in [0.3, 0.4) is 0 Å². The van der Waals surface area contributed by atoms with Gasteiger partial charge >= 0.3 is 0 Å². The van der Waals surface area contributed by atoms with Crippen LogP contribution < -0.4 is 9.04 Å². The van der Waals surface area contributed by atoms with Crippen LogP contribution in [-0.2, 0) is 15.9 Å². The van der Waals surface area contributed by atoms with E-state index in [1.54, 1.807) is 24.3 Å². The summed E-state index contributed by atoms with van der Waals surface area (Å²) < 4.78 is 31.3. The van der Waals surface area contributed by atoms with E-state index in [1.165, 1.54) is 20.4 Å². The number of hydrogen-bond donors (Lipinski definition) is 1. The molecule has 2 rings (SSSR count). The Kier molecular flexibility index (Phi) is 4.20. The number of alkyl halides is 1. The van der Waals surface area contributed by atoms with Crippen molar-refractivity contribution in [2.45, 2.75) is 10.9 Å². The quantitative estimate of drug-likeness (QED) is 0.856. The summed E-state index contributed by atoms with van der Waals surface area (Å²) in [7, 11) is -0.758. The summed E-state index contributed by atoms with van der Waals surface area (Å²) in [5.74, 6) is 0.642. The first-order valence-corrected chi connectivity index (χ1v) is 7.69. The van der Waals surface area contributed by atoms with Crippen molar-refractivity contribution in [1.29, 1.82) is 0 Å². The third-order valence-corrected chi connectivity index (χ3v) is 4.95. The fraction of sp³-hybridized carbons (Fsp3) is 0.250. The van der Waals surface area contributed by atoms with Crippen molar-refractivity contribution in [2.75, 3.05) is 18.5 Å². The van der Waals surface area contributed by atoms with Crippen LogP contribution in [0.15, 0.2) is 35.5 Å². The van der Waals surface area contributed by atoms with Gasteiger partial charge in [0, 0.05) is 18.7 Å². The van der Waals surface area contributed by atoms with E-state index < -0.39 is 10.0 Å². The van der Waals surface area contributed by atoms with E-state index >= 15 is 0 Å². The molecule has 0 aliphatic carbocycles. The van der Waals surface area contributed by atoms with Crippen LogP contribution in [0.4, 0.5) is 5.69 Å². The van der Waals surface area contributed by atoms with Crippen molar-refractivity contribution in [3.63, 3.8) is 0 Å². The number of aromatic nitrogens is 2. The predicted molar refractivity (Wildman–Crippen MR) is 76.7 cm³/mol. The standard InChI is InChI=1S/C12H14ClN3O3S/c1-16(10-4-3-5-11(6-10)19-2)20(17,18)12-9(7-13)8-14-15-12/h3-6,8H,7H2,1-2H3,(H,14,15). The van der Waals surface area contributed by atoms with Gasteiger partial charge in [-0.15, -0.1) is 11.6 Å². The van der Waals surface area contributed by atoms with Gasteiger partial charge in [-0.25, -0.2) is 0 Å². The lowest BCUT2D eigenvalue weighted by Crippen LogP contribution is -2.27. The third kappa shape index (κ3) is 2.59. The highest BCUT2D eigenvalue weighted by Gasteiger charge is 2.26. The molecule has 0 radical (unpaired) electrons. The van der Waals surface area contributed by atoms with Gasteiger partial charge in [0.25, 0.3) is 10.0 Å². The number of sulfonamides is 1. The molecule has 1 heterocycles. The summed E-state index contributed by atoms with van der Waals surface area (Å²) >= 11 is 5.71. The Hall–Kier alpha value is -1.73. The average molecular weight is 316 g/mol. The van der Waals surface area contributed by atoms with E-state index in [2.05, 4.69) is 10.2 Å². The van der Waals surface area contributed by atoms with Gasteiger partial charge in [0.1, 0.15) is 5.75 Å². The SMILES string of the molecule is COc1cccc(N(C)S(=O)(=O)c2[nH]ncc2CCl)c1. The van der Waals surface area contributed by atoms with Crippen molar-refractivity contribution >= 4 is 27.3 Å². The van der Waals surface area contributed by atoms with Gasteiger partial charge in [0.2, 0.25) is 0 Å². The third-order valence-electron chi connectivity index (χ3n) is 2.86. The highest BCUT2D eigenvalue weighted by atomic mass is 35.5. The monoisotopic (exact) mass is 315 g/mol. The number of rotatable bonds is 5. The van der Waals surface area contributed by atoms with E-state index in [0.29, 0.717) is 17.0 Å². The van der Waals surface area contributed by atoms with Crippen LogP contribution in [0.1, 0.15) is 5.56 Å². The number of nitrogens with zero attached hydrogens (tertiary/aromatic N) is 2. The van der Waals surface area contributed by atoms with Gasteiger partial charge < -0.3 is 4.74 Å². The molecule has 20 heavy (non-hydrogen) atoms. The van der Waals surface area contributed by atoms with Crippen LogP contribution in [0.25, 0.3) is 0 Å². The Balaban J connectivity index is 2.43. The number of H-pyrrole nitrogens is 1. The van der Waals surface area contributed by atoms with Crippen molar-refractivity contribution < 1.29 is 13.2 Å². The minimum absolute atomic E-state index is 0.00202. The first-order chi connectivity index (χ1) is 9.50. The summed E-state index contributed by atoms with van der Waals surface area (Å²) in [5.41, 5.74) is 0.917. The molecule has 2 aromatic rings. The maximum Gasteiger partial charge on any atom is 0.281 e. The number of methoxy groups -OCH3 is 1. The molecule has 0 amide bonds. The number of anilines is 1. The zero-order valence-electron chi connectivity index (χ0n) is 11.0. The van der Waals surface area contributed by atoms with Crippen LogP contribution in [0, 0.1) is 0 Å². The Labute approximate surface area is 122 Å². The molecule has 0 saturated heterocycles. The van der Waals surface area contributed by atoms with E-state index in [0.717, 1.165) is 4.31 Å². The molecule has 0 aliphatic rings. The van der Waals surface area contributed by atoms with Gasteiger partial charge in [0.15, 0.2) is 5.03 Å². The Bertz CT molecular complexity index is 699. The molecular formula is C12H14ClN3O3S. The molecule has 6 nitrogen and oxygen atoms in total. The molecule has 8 heteroatoms. The highest BCUT2D eigenvalue weighted by molar-refractivity contribution is 7.92. The molecule has 108 valence electrons. The lowest BCUT2D eigenvalue weighted by molar-refractivity contribution is 0.415. The largest absolute Gasteiger partial charge is 0.497 e. The van der Waals surface area contributed by atoms with Crippen LogP contribution in [0.2, 0.25) is 0 Å². The van der Waals surface area contributed by atoms with Crippen molar-refractivity contribution in [3.05, 3.63) is 36.0 Å². The smallest absolute Gasteiger partial charge is 0.281 e. The molecule has 0 bridgehead atoms. The van der Waals surface area contributed by atoms with Crippen LogP contribution >= 0.6 is 11.6 Å². The van der Waals surface area contributed by atoms with Gasteiger partial charge in [-0.2, -0.15) is 13.5 Å². The second-order valence-electron chi connectivity index (χ2n) is 4.03. The van der Waals surface area contributed by atoms with Crippen molar-refractivity contribution in [1.82, 2.24) is 10.2 Å². The maximum atomic E-state index is 12.5. The minimum atomic E-state index is -3.74. The molecule has 0 spiro atoms. The Morgan fingerprint density at radius 1 is 1.45 bits per heavy atom. The molecular weight excluding hydrogens is 302 g/mol. The topological polar surface area (TPSA) is 75.3 Å². The van der Waals surface area contributed by atoms with Gasteiger partial charge in [-0.1, -0.05) is 6.07 Å². The average Bonchev–Trinajstić information content (AvgIpc) is 2.95. The molecule has 0 fully saturated rings. The minimum Gasteiger partial charge on any atom is -0.497 e. The zero-order chi connectivity index (χ0) is 14.8. The predicted octanol–water partition coefficient (Wildman–Crippen LogP) is 1.98. The van der Waals surface area contributed by atoms with Gasteiger partial charge in [-0.05, 0) is 12.1 Å². The van der Waals surface area contributed by atoms with Crippen molar-refractivity contribution in [2.24, 2.45) is 0 Å². The number of nitrogens with one attached hydrogen (secondary N) is 1. The molecule has 1 aromatic carbocycles. The molecule has 0 aliphatic heterocycles. The number of ether oxygens (including phenoxy) is 1. The van der Waals surface area contributed by atoms with E-state index in [9.17, 15) is 8.42 Å². The molecule has 1 aromatic heterocycles. The lowest BCUT2D eigenvalue weighted by Gasteiger charge is -2.19. The first kappa shape index (κ1) is 14.7. The zero-order valence-corrected chi connectivity index (χ0v) is 12.6. The number of benzene rings is 1. The van der Waals surface area contributed by atoms with Crippen LogP contribution in [0.5, 0.6) is 5.75 Å². The summed E-state index contributed by atoms with van der Waals surface area (Å²) in [6.07, 6.45) is 1.40. The summed E-state index contributed by atoms with van der Waals surface area (Å²) in [6.45, 7) is 0. The van der Waals surface area contributed by atoms with E-state index in [4.69, 9.17) is 16.3 Å². The summed E-state index contributed by atoms with van der Waals surface area (Å²) in [5, 5.41) is 6.21. The van der Waals surface area contributed by atoms with Crippen molar-refractivity contribution in [3.8, 4) is 5.75 Å². The van der Waals surface area contributed by atoms with E-state index in [1.807, 2.05) is 0 Å². The van der Waals surface area contributed by atoms with Gasteiger partial charge in [0.05, 0.1) is 24.9 Å². The van der Waals surface area contributed by atoms with Gasteiger partial charge in [-0.3, -0.25) is 9.40 Å². The highest BCUT2D eigenvalue weighted by Crippen LogP contribution is 2.26. The van der Waals surface area contributed by atoms with Crippen LogP contribution in [-0.4, -0.2) is 32.8 Å². The fourth-order valence-corrected chi connectivity index (χ4v) is 3.27. The Morgan fingerprint density at radius 3 is 2.85 bits per heavy atom. The number of aromatic amines is 1. The second-order valence-corrected chi connectivity index (χ2v) is 6.21. The van der Waals surface area contributed by atoms with E-state index in [-0.39, 0.29) is 10.9 Å². The summed E-state index contributed by atoms with van der Waals surface area (Å²) in [4.78, 5) is 0. The number of halogens is 1. The molecule has 0 saturated carbocycles. The lowest BCUT2D eigenvalue weighted by atomic mass is 10.3. The maximum absolute atomic E-state index is 12.5. The molecule has 1 N–H and O–H groups in total. The summed E-state index contributed by atoms with van der Waals surface area (Å²) in [6, 6.07) is 6.77. The normalized spacial score (nSPS) is 11.3. The number of hydrogen-bond acceptors (Lipinski definition) is 4. The molecule has 0 unspecified atom stereocenters.